The van der Waals surface area contributed by atoms with Gasteiger partial charge in [0.05, 0.1) is 0 Å². The Morgan fingerprint density at radius 2 is 2.22 bits per heavy atom. The summed E-state index contributed by atoms with van der Waals surface area (Å²) in [5.41, 5.74) is 0. The highest BCUT2D eigenvalue weighted by molar-refractivity contribution is 4.73. The SMILES string of the molecule is CC[C@@H]1CC[C@H](C)NC1. The van der Waals surface area contributed by atoms with Crippen molar-refractivity contribution in [3.8, 4) is 0 Å². The van der Waals surface area contributed by atoms with Gasteiger partial charge in [0.25, 0.3) is 0 Å². The molecular formula is C8H17N. The third-order valence-corrected chi connectivity index (χ3v) is 2.34. The fourth-order valence-corrected chi connectivity index (χ4v) is 1.41. The number of rotatable bonds is 1. The molecule has 0 aromatic heterocycles. The second kappa shape index (κ2) is 3.21. The van der Waals surface area contributed by atoms with Crippen LogP contribution in [0.4, 0.5) is 0 Å². The van der Waals surface area contributed by atoms with Gasteiger partial charge in [-0.3, -0.25) is 0 Å². The normalized spacial score (nSPS) is 36.7. The average Bonchev–Trinajstić information content (AvgIpc) is 1.90. The van der Waals surface area contributed by atoms with Crippen LogP contribution in [-0.2, 0) is 0 Å². The van der Waals surface area contributed by atoms with Crippen molar-refractivity contribution in [2.45, 2.75) is 39.2 Å². The van der Waals surface area contributed by atoms with Crippen LogP contribution in [0.1, 0.15) is 33.1 Å². The maximum Gasteiger partial charge on any atom is 0.00389 e. The van der Waals surface area contributed by atoms with Crippen LogP contribution < -0.4 is 5.32 Å². The molecule has 2 atom stereocenters. The van der Waals surface area contributed by atoms with E-state index in [1.165, 1.54) is 25.8 Å². The number of nitrogens with one attached hydrogen (secondary N) is 1. The van der Waals surface area contributed by atoms with E-state index in [0.29, 0.717) is 0 Å². The minimum Gasteiger partial charge on any atom is -0.314 e. The van der Waals surface area contributed by atoms with Gasteiger partial charge in [-0.15, -0.1) is 0 Å². The summed E-state index contributed by atoms with van der Waals surface area (Å²) in [5, 5.41) is 3.48. The van der Waals surface area contributed by atoms with Crippen LogP contribution in [0, 0.1) is 5.92 Å². The molecule has 0 unspecified atom stereocenters. The molecule has 9 heavy (non-hydrogen) atoms. The van der Waals surface area contributed by atoms with Gasteiger partial charge in [0.2, 0.25) is 0 Å². The standard InChI is InChI=1S/C8H17N/c1-3-8-5-4-7(2)9-6-8/h7-9H,3-6H2,1-2H3/t7-,8+/m0/s1. The van der Waals surface area contributed by atoms with Crippen molar-refractivity contribution in [1.29, 1.82) is 0 Å². The number of hydrogen-bond acceptors (Lipinski definition) is 1. The van der Waals surface area contributed by atoms with E-state index < -0.39 is 0 Å². The average molecular weight is 127 g/mol. The highest BCUT2D eigenvalue weighted by Crippen LogP contribution is 2.16. The summed E-state index contributed by atoms with van der Waals surface area (Å²) in [6.45, 7) is 5.80. The van der Waals surface area contributed by atoms with Crippen LogP contribution in [0.5, 0.6) is 0 Å². The maximum absolute atomic E-state index is 3.48. The molecule has 0 radical (unpaired) electrons. The fourth-order valence-electron chi connectivity index (χ4n) is 1.41. The van der Waals surface area contributed by atoms with Crippen molar-refractivity contribution in [2.75, 3.05) is 6.54 Å². The summed E-state index contributed by atoms with van der Waals surface area (Å²) in [4.78, 5) is 0. The van der Waals surface area contributed by atoms with E-state index in [2.05, 4.69) is 19.2 Å². The number of hydrogen-bond donors (Lipinski definition) is 1. The van der Waals surface area contributed by atoms with Gasteiger partial charge in [-0.1, -0.05) is 13.3 Å². The summed E-state index contributed by atoms with van der Waals surface area (Å²) in [7, 11) is 0. The van der Waals surface area contributed by atoms with E-state index in [1.807, 2.05) is 0 Å². The quantitative estimate of drug-likeness (QED) is 0.566. The molecule has 54 valence electrons. The van der Waals surface area contributed by atoms with E-state index in [1.54, 1.807) is 0 Å². The molecule has 1 heteroatoms. The first-order chi connectivity index (χ1) is 4.33. The zero-order chi connectivity index (χ0) is 6.69. The Morgan fingerprint density at radius 1 is 1.44 bits per heavy atom. The zero-order valence-electron chi connectivity index (χ0n) is 6.48. The lowest BCUT2D eigenvalue weighted by molar-refractivity contribution is 0.317. The molecule has 1 aliphatic rings. The summed E-state index contributed by atoms with van der Waals surface area (Å²) in [5.74, 6) is 0.959. The largest absolute Gasteiger partial charge is 0.314 e. The zero-order valence-corrected chi connectivity index (χ0v) is 6.48. The van der Waals surface area contributed by atoms with Crippen LogP contribution >= 0.6 is 0 Å². The predicted molar refractivity (Wildman–Crippen MR) is 40.5 cm³/mol. The Labute approximate surface area is 57.8 Å². The third-order valence-electron chi connectivity index (χ3n) is 2.34. The molecule has 1 saturated heterocycles. The first kappa shape index (κ1) is 7.07. The van der Waals surface area contributed by atoms with Crippen molar-refractivity contribution in [3.05, 3.63) is 0 Å². The highest BCUT2D eigenvalue weighted by Gasteiger charge is 2.14. The molecule has 0 aliphatic carbocycles. The minimum atomic E-state index is 0.771. The fraction of sp³-hybridized carbons (Fsp3) is 1.00. The molecule has 0 aromatic carbocycles. The molecule has 1 nitrogen and oxygen atoms in total. The van der Waals surface area contributed by atoms with Gasteiger partial charge in [0, 0.05) is 6.04 Å². The Kier molecular flexibility index (Phi) is 2.52. The van der Waals surface area contributed by atoms with Crippen molar-refractivity contribution in [2.24, 2.45) is 5.92 Å². The molecular weight excluding hydrogens is 110 g/mol. The van der Waals surface area contributed by atoms with Crippen LogP contribution in [0.15, 0.2) is 0 Å². The Morgan fingerprint density at radius 3 is 2.67 bits per heavy atom. The molecule has 0 spiro atoms. The molecule has 0 bridgehead atoms. The first-order valence-corrected chi connectivity index (χ1v) is 4.06. The minimum absolute atomic E-state index is 0.771. The maximum atomic E-state index is 3.48. The van der Waals surface area contributed by atoms with Crippen molar-refractivity contribution in [3.63, 3.8) is 0 Å². The summed E-state index contributed by atoms with van der Waals surface area (Å²) < 4.78 is 0. The van der Waals surface area contributed by atoms with Gasteiger partial charge in [-0.05, 0) is 32.2 Å². The van der Waals surface area contributed by atoms with Gasteiger partial charge >= 0.3 is 0 Å². The Balaban J connectivity index is 2.18. The lowest BCUT2D eigenvalue weighted by Crippen LogP contribution is -2.36. The second-order valence-electron chi connectivity index (χ2n) is 3.16. The van der Waals surface area contributed by atoms with Crippen LogP contribution in [-0.4, -0.2) is 12.6 Å². The van der Waals surface area contributed by atoms with E-state index in [4.69, 9.17) is 0 Å². The first-order valence-electron chi connectivity index (χ1n) is 4.06. The lowest BCUT2D eigenvalue weighted by atomic mass is 9.94. The molecule has 0 aromatic rings. The van der Waals surface area contributed by atoms with Gasteiger partial charge in [-0.2, -0.15) is 0 Å². The molecule has 1 heterocycles. The van der Waals surface area contributed by atoms with Gasteiger partial charge < -0.3 is 5.32 Å². The van der Waals surface area contributed by atoms with Crippen molar-refractivity contribution < 1.29 is 0 Å². The predicted octanol–water partition coefficient (Wildman–Crippen LogP) is 1.78. The van der Waals surface area contributed by atoms with Gasteiger partial charge in [0.1, 0.15) is 0 Å². The van der Waals surface area contributed by atoms with Crippen LogP contribution in [0.2, 0.25) is 0 Å². The van der Waals surface area contributed by atoms with E-state index in [0.717, 1.165) is 12.0 Å². The second-order valence-corrected chi connectivity index (χ2v) is 3.16. The van der Waals surface area contributed by atoms with E-state index >= 15 is 0 Å². The van der Waals surface area contributed by atoms with E-state index in [9.17, 15) is 0 Å². The Hall–Kier alpha value is -0.0400. The molecule has 0 saturated carbocycles. The smallest absolute Gasteiger partial charge is 0.00389 e. The van der Waals surface area contributed by atoms with Crippen LogP contribution in [0.3, 0.4) is 0 Å². The molecule has 1 rings (SSSR count). The topological polar surface area (TPSA) is 12.0 Å². The van der Waals surface area contributed by atoms with E-state index in [-0.39, 0.29) is 0 Å². The monoisotopic (exact) mass is 127 g/mol. The summed E-state index contributed by atoms with van der Waals surface area (Å²) in [6.07, 6.45) is 4.16. The molecule has 1 fully saturated rings. The summed E-state index contributed by atoms with van der Waals surface area (Å²) in [6, 6.07) is 0.771. The highest BCUT2D eigenvalue weighted by atomic mass is 14.9. The summed E-state index contributed by atoms with van der Waals surface area (Å²) >= 11 is 0. The van der Waals surface area contributed by atoms with Gasteiger partial charge in [0.15, 0.2) is 0 Å². The van der Waals surface area contributed by atoms with Crippen molar-refractivity contribution >= 4 is 0 Å². The lowest BCUT2D eigenvalue weighted by Gasteiger charge is -2.26. The molecule has 0 amide bonds. The third kappa shape index (κ3) is 1.98. The van der Waals surface area contributed by atoms with Crippen LogP contribution in [0.25, 0.3) is 0 Å². The number of piperidine rings is 1. The molecule has 1 N–H and O–H groups in total. The Bertz CT molecular complexity index is 72.6. The van der Waals surface area contributed by atoms with Gasteiger partial charge in [-0.25, -0.2) is 0 Å². The van der Waals surface area contributed by atoms with Crippen molar-refractivity contribution in [1.82, 2.24) is 5.32 Å². The molecule has 1 aliphatic heterocycles.